The van der Waals surface area contributed by atoms with E-state index in [1.54, 1.807) is 0 Å². The van der Waals surface area contributed by atoms with E-state index >= 15 is 0 Å². The van der Waals surface area contributed by atoms with Crippen molar-refractivity contribution in [2.24, 2.45) is 0 Å². The van der Waals surface area contributed by atoms with Crippen molar-refractivity contribution in [3.05, 3.63) is 151 Å². The van der Waals surface area contributed by atoms with Crippen molar-refractivity contribution >= 4 is 21.8 Å². The van der Waals surface area contributed by atoms with Gasteiger partial charge in [-0.25, -0.2) is 0 Å². The quantitative estimate of drug-likeness (QED) is 0.240. The Balaban J connectivity index is 1.40. The standard InChI is InChI=1S/C36H27N/c1-3-11-26(12-4-1)28-21-23-29(24-22-28)32-18-10-20-35-36(32)33-17-7-8-19-34(33)37(35)31-16-9-15-30(25-31)27-13-5-2-6-14-27/h1-11,13-26H,12H2. The molecule has 0 spiro atoms. The summed E-state index contributed by atoms with van der Waals surface area (Å²) in [7, 11) is 0. The van der Waals surface area contributed by atoms with Gasteiger partial charge in [-0.15, -0.1) is 0 Å². The SMILES string of the molecule is C1=CCC(c2ccc(-c3cccc4c3c3ccccc3n4-c3cccc(-c4ccccc4)c3)cc2)C=C1. The molecule has 0 saturated heterocycles. The van der Waals surface area contributed by atoms with E-state index in [4.69, 9.17) is 0 Å². The number of nitrogens with zero attached hydrogens (tertiary/aromatic N) is 1. The van der Waals surface area contributed by atoms with Gasteiger partial charge in [0.1, 0.15) is 0 Å². The van der Waals surface area contributed by atoms with Crippen molar-refractivity contribution in [1.29, 1.82) is 0 Å². The van der Waals surface area contributed by atoms with Gasteiger partial charge in [0.2, 0.25) is 0 Å². The van der Waals surface area contributed by atoms with Gasteiger partial charge >= 0.3 is 0 Å². The van der Waals surface area contributed by atoms with Gasteiger partial charge in [0.15, 0.2) is 0 Å². The van der Waals surface area contributed by atoms with Crippen LogP contribution in [0.3, 0.4) is 0 Å². The minimum atomic E-state index is 0.466. The normalized spacial score (nSPS) is 15.0. The van der Waals surface area contributed by atoms with Crippen molar-refractivity contribution in [2.45, 2.75) is 12.3 Å². The maximum absolute atomic E-state index is 2.41. The molecule has 1 heterocycles. The average Bonchev–Trinajstić information content (AvgIpc) is 3.33. The maximum Gasteiger partial charge on any atom is 0.0547 e. The van der Waals surface area contributed by atoms with Crippen LogP contribution in [0.15, 0.2) is 146 Å². The molecule has 0 saturated carbocycles. The number of fused-ring (bicyclic) bond motifs is 3. The molecule has 1 atom stereocenters. The topological polar surface area (TPSA) is 4.93 Å². The molecule has 0 aliphatic heterocycles. The average molecular weight is 474 g/mol. The summed E-state index contributed by atoms with van der Waals surface area (Å²) in [6, 6.07) is 44.1. The minimum Gasteiger partial charge on any atom is -0.309 e. The van der Waals surface area contributed by atoms with Crippen LogP contribution in [0.1, 0.15) is 17.9 Å². The van der Waals surface area contributed by atoms with Gasteiger partial charge in [-0.3, -0.25) is 0 Å². The molecule has 1 aliphatic rings. The number of para-hydroxylation sites is 1. The zero-order valence-electron chi connectivity index (χ0n) is 20.6. The summed E-state index contributed by atoms with van der Waals surface area (Å²) in [4.78, 5) is 0. The number of hydrogen-bond acceptors (Lipinski definition) is 0. The van der Waals surface area contributed by atoms with Crippen LogP contribution < -0.4 is 0 Å². The molecule has 0 radical (unpaired) electrons. The monoisotopic (exact) mass is 473 g/mol. The molecule has 1 heteroatoms. The van der Waals surface area contributed by atoms with Gasteiger partial charge in [-0.05, 0) is 58.5 Å². The van der Waals surface area contributed by atoms with E-state index in [2.05, 4.69) is 150 Å². The van der Waals surface area contributed by atoms with Crippen molar-refractivity contribution in [3.8, 4) is 27.9 Å². The highest BCUT2D eigenvalue weighted by Gasteiger charge is 2.16. The Bertz CT molecular complexity index is 1780. The lowest BCUT2D eigenvalue weighted by Crippen LogP contribution is -1.96. The Morgan fingerprint density at radius 3 is 2.16 bits per heavy atom. The third-order valence-electron chi connectivity index (χ3n) is 7.54. The van der Waals surface area contributed by atoms with Gasteiger partial charge in [-0.1, -0.05) is 121 Å². The Kier molecular flexibility index (Phi) is 5.33. The van der Waals surface area contributed by atoms with E-state index in [9.17, 15) is 0 Å². The predicted molar refractivity (Wildman–Crippen MR) is 157 cm³/mol. The Morgan fingerprint density at radius 2 is 1.32 bits per heavy atom. The first kappa shape index (κ1) is 21.6. The zero-order chi connectivity index (χ0) is 24.6. The summed E-state index contributed by atoms with van der Waals surface area (Å²) < 4.78 is 2.41. The summed E-state index contributed by atoms with van der Waals surface area (Å²) in [6.45, 7) is 0. The molecule has 176 valence electrons. The van der Waals surface area contributed by atoms with Crippen LogP contribution >= 0.6 is 0 Å². The molecular weight excluding hydrogens is 446 g/mol. The number of rotatable bonds is 4. The van der Waals surface area contributed by atoms with Gasteiger partial charge in [0.05, 0.1) is 11.0 Å². The first-order chi connectivity index (χ1) is 18.4. The fraction of sp³-hybridized carbons (Fsp3) is 0.0556. The van der Waals surface area contributed by atoms with Crippen LogP contribution in [0.2, 0.25) is 0 Å². The molecule has 37 heavy (non-hydrogen) atoms. The number of benzene rings is 5. The van der Waals surface area contributed by atoms with E-state index in [1.165, 1.54) is 55.3 Å². The van der Waals surface area contributed by atoms with E-state index in [1.807, 2.05) is 0 Å². The number of allylic oxidation sites excluding steroid dienone is 4. The second-order valence-corrected chi connectivity index (χ2v) is 9.75. The molecule has 7 rings (SSSR count). The lowest BCUT2D eigenvalue weighted by atomic mass is 9.90. The third kappa shape index (κ3) is 3.80. The van der Waals surface area contributed by atoms with Crippen molar-refractivity contribution in [2.75, 3.05) is 0 Å². The van der Waals surface area contributed by atoms with Crippen LogP contribution in [0.4, 0.5) is 0 Å². The van der Waals surface area contributed by atoms with Gasteiger partial charge < -0.3 is 4.57 Å². The summed E-state index contributed by atoms with van der Waals surface area (Å²) in [5.41, 5.74) is 9.99. The summed E-state index contributed by atoms with van der Waals surface area (Å²) in [5, 5.41) is 2.58. The van der Waals surface area contributed by atoms with Crippen molar-refractivity contribution in [3.63, 3.8) is 0 Å². The van der Waals surface area contributed by atoms with Crippen LogP contribution in [-0.2, 0) is 0 Å². The number of aromatic nitrogens is 1. The summed E-state index contributed by atoms with van der Waals surface area (Å²) >= 11 is 0. The second-order valence-electron chi connectivity index (χ2n) is 9.75. The van der Waals surface area contributed by atoms with E-state index in [-0.39, 0.29) is 0 Å². The van der Waals surface area contributed by atoms with Crippen LogP contribution in [0.25, 0.3) is 49.7 Å². The first-order valence-corrected chi connectivity index (χ1v) is 13.0. The molecule has 6 aromatic rings. The smallest absolute Gasteiger partial charge is 0.0547 e. The van der Waals surface area contributed by atoms with E-state index in [0.717, 1.165) is 6.42 Å². The molecule has 0 bridgehead atoms. The summed E-state index contributed by atoms with van der Waals surface area (Å²) in [5.74, 6) is 0.466. The minimum absolute atomic E-state index is 0.466. The highest BCUT2D eigenvalue weighted by molar-refractivity contribution is 6.15. The molecule has 0 fully saturated rings. The second kappa shape index (κ2) is 9.11. The van der Waals surface area contributed by atoms with E-state index in [0.29, 0.717) is 5.92 Å². The fourth-order valence-electron chi connectivity index (χ4n) is 5.73. The Morgan fingerprint density at radius 1 is 0.568 bits per heavy atom. The largest absolute Gasteiger partial charge is 0.309 e. The van der Waals surface area contributed by atoms with Gasteiger partial charge in [0.25, 0.3) is 0 Å². The highest BCUT2D eigenvalue weighted by atomic mass is 15.0. The van der Waals surface area contributed by atoms with E-state index < -0.39 is 0 Å². The van der Waals surface area contributed by atoms with Crippen molar-refractivity contribution in [1.82, 2.24) is 4.57 Å². The maximum atomic E-state index is 2.41. The predicted octanol–water partition coefficient (Wildman–Crippen LogP) is 9.72. The lowest BCUT2D eigenvalue weighted by molar-refractivity contribution is 0.854. The van der Waals surface area contributed by atoms with Crippen LogP contribution in [-0.4, -0.2) is 4.57 Å². The highest BCUT2D eigenvalue weighted by Crippen LogP contribution is 2.39. The molecule has 1 nitrogen and oxygen atoms in total. The Labute approximate surface area is 217 Å². The zero-order valence-corrected chi connectivity index (χ0v) is 20.6. The first-order valence-electron chi connectivity index (χ1n) is 13.0. The molecule has 5 aromatic carbocycles. The molecule has 1 aromatic heterocycles. The van der Waals surface area contributed by atoms with Crippen molar-refractivity contribution < 1.29 is 0 Å². The summed E-state index contributed by atoms with van der Waals surface area (Å²) in [6.07, 6.45) is 9.91. The molecule has 1 unspecified atom stereocenters. The molecule has 0 amide bonds. The van der Waals surface area contributed by atoms with Crippen LogP contribution in [0.5, 0.6) is 0 Å². The molecule has 0 N–H and O–H groups in total. The number of hydrogen-bond donors (Lipinski definition) is 0. The van der Waals surface area contributed by atoms with Gasteiger partial charge in [-0.2, -0.15) is 0 Å². The third-order valence-corrected chi connectivity index (χ3v) is 7.54. The molecule has 1 aliphatic carbocycles. The van der Waals surface area contributed by atoms with Crippen LogP contribution in [0, 0.1) is 0 Å². The fourth-order valence-corrected chi connectivity index (χ4v) is 5.73. The molecular formula is C36H27N. The Hall–Kier alpha value is -4.62. The lowest BCUT2D eigenvalue weighted by Gasteiger charge is -2.14. The van der Waals surface area contributed by atoms with Gasteiger partial charge in [0, 0.05) is 22.4 Å².